The molecule has 0 atom stereocenters. The fourth-order valence-electron chi connectivity index (χ4n) is 1.58. The van der Waals surface area contributed by atoms with Gasteiger partial charge < -0.3 is 5.32 Å². The molecule has 1 aliphatic carbocycles. The van der Waals surface area contributed by atoms with Gasteiger partial charge in [-0.05, 0) is 43.2 Å². The Morgan fingerprint density at radius 3 is 2.86 bits per heavy atom. The van der Waals surface area contributed by atoms with Crippen molar-refractivity contribution in [3.8, 4) is 0 Å². The van der Waals surface area contributed by atoms with E-state index in [-0.39, 0.29) is 0 Å². The molecular formula is C12H17NS. The number of rotatable bonds is 5. The number of nitrogens with one attached hydrogen (secondary N) is 1. The zero-order valence-electron chi connectivity index (χ0n) is 8.62. The molecule has 0 amide bonds. The first-order valence-corrected chi connectivity index (χ1v) is 6.45. The van der Waals surface area contributed by atoms with Crippen molar-refractivity contribution in [2.75, 3.05) is 12.8 Å². The Morgan fingerprint density at radius 1 is 1.36 bits per heavy atom. The Bertz CT molecular complexity index is 294. The molecular weight excluding hydrogens is 190 g/mol. The second-order valence-corrected chi connectivity index (χ2v) is 4.73. The van der Waals surface area contributed by atoms with Gasteiger partial charge >= 0.3 is 0 Å². The first-order valence-electron chi connectivity index (χ1n) is 5.23. The zero-order chi connectivity index (χ0) is 9.80. The van der Waals surface area contributed by atoms with Gasteiger partial charge in [0, 0.05) is 11.4 Å². The van der Waals surface area contributed by atoms with Crippen LogP contribution in [0.25, 0.3) is 0 Å². The van der Waals surface area contributed by atoms with Crippen LogP contribution in [0.2, 0.25) is 0 Å². The van der Waals surface area contributed by atoms with E-state index in [1.807, 2.05) is 11.8 Å². The molecule has 1 nitrogen and oxygen atoms in total. The van der Waals surface area contributed by atoms with E-state index in [0.29, 0.717) is 0 Å². The van der Waals surface area contributed by atoms with Crippen molar-refractivity contribution in [3.05, 3.63) is 29.8 Å². The lowest BCUT2D eigenvalue weighted by Gasteiger charge is -2.07. The highest BCUT2D eigenvalue weighted by molar-refractivity contribution is 7.98. The summed E-state index contributed by atoms with van der Waals surface area (Å²) in [5.41, 5.74) is 1.43. The first-order chi connectivity index (χ1) is 6.90. The summed E-state index contributed by atoms with van der Waals surface area (Å²) in [5, 5.41) is 3.52. The number of hydrogen-bond donors (Lipinski definition) is 1. The molecule has 0 bridgehead atoms. The second-order valence-electron chi connectivity index (χ2n) is 3.89. The average molecular weight is 207 g/mol. The molecule has 1 aromatic carbocycles. The lowest BCUT2D eigenvalue weighted by molar-refractivity contribution is 0.634. The van der Waals surface area contributed by atoms with Crippen LogP contribution in [0.15, 0.2) is 29.2 Å². The van der Waals surface area contributed by atoms with Crippen molar-refractivity contribution in [3.63, 3.8) is 0 Å². The summed E-state index contributed by atoms with van der Waals surface area (Å²) in [6.45, 7) is 2.22. The van der Waals surface area contributed by atoms with Crippen LogP contribution in [0.4, 0.5) is 0 Å². The maximum Gasteiger partial charge on any atom is 0.0216 e. The third-order valence-electron chi connectivity index (χ3n) is 2.64. The molecule has 2 heteroatoms. The van der Waals surface area contributed by atoms with Gasteiger partial charge in [-0.15, -0.1) is 11.8 Å². The van der Waals surface area contributed by atoms with E-state index in [2.05, 4.69) is 35.8 Å². The molecule has 14 heavy (non-hydrogen) atoms. The summed E-state index contributed by atoms with van der Waals surface area (Å²) in [6, 6.07) is 8.63. The minimum absolute atomic E-state index is 0.969. The zero-order valence-corrected chi connectivity index (χ0v) is 9.44. The molecule has 2 rings (SSSR count). The molecule has 0 heterocycles. The number of hydrogen-bond acceptors (Lipinski definition) is 2. The van der Waals surface area contributed by atoms with Crippen LogP contribution >= 0.6 is 11.8 Å². The SMILES string of the molecule is CSc1ccccc1CNCC1CC1. The molecule has 0 aromatic heterocycles. The van der Waals surface area contributed by atoms with Gasteiger partial charge in [-0.1, -0.05) is 18.2 Å². The predicted octanol–water partition coefficient (Wildman–Crippen LogP) is 2.91. The molecule has 0 aliphatic heterocycles. The van der Waals surface area contributed by atoms with E-state index in [0.717, 1.165) is 12.5 Å². The Balaban J connectivity index is 1.86. The van der Waals surface area contributed by atoms with E-state index in [4.69, 9.17) is 0 Å². The molecule has 1 aliphatic rings. The first kappa shape index (κ1) is 10.1. The molecule has 1 aromatic rings. The highest BCUT2D eigenvalue weighted by Gasteiger charge is 2.20. The molecule has 0 spiro atoms. The van der Waals surface area contributed by atoms with Crippen molar-refractivity contribution in [1.82, 2.24) is 5.32 Å². The Kier molecular flexibility index (Phi) is 3.49. The maximum absolute atomic E-state index is 3.52. The van der Waals surface area contributed by atoms with Gasteiger partial charge in [0.25, 0.3) is 0 Å². The van der Waals surface area contributed by atoms with Gasteiger partial charge in [0.2, 0.25) is 0 Å². The number of thioether (sulfide) groups is 1. The van der Waals surface area contributed by atoms with E-state index in [1.165, 1.54) is 29.8 Å². The van der Waals surface area contributed by atoms with Crippen molar-refractivity contribution >= 4 is 11.8 Å². The highest BCUT2D eigenvalue weighted by Crippen LogP contribution is 2.28. The van der Waals surface area contributed by atoms with Gasteiger partial charge in [0.15, 0.2) is 0 Å². The lowest BCUT2D eigenvalue weighted by Crippen LogP contribution is -2.16. The summed E-state index contributed by atoms with van der Waals surface area (Å²) in [4.78, 5) is 1.40. The van der Waals surface area contributed by atoms with Crippen molar-refractivity contribution in [1.29, 1.82) is 0 Å². The third-order valence-corrected chi connectivity index (χ3v) is 3.48. The van der Waals surface area contributed by atoms with E-state index < -0.39 is 0 Å². The van der Waals surface area contributed by atoms with Crippen LogP contribution in [0.5, 0.6) is 0 Å². The topological polar surface area (TPSA) is 12.0 Å². The van der Waals surface area contributed by atoms with Gasteiger partial charge in [-0.25, -0.2) is 0 Å². The standard InChI is InChI=1S/C12H17NS/c1-14-12-5-3-2-4-11(12)9-13-8-10-6-7-10/h2-5,10,13H,6-9H2,1H3. The molecule has 0 unspecified atom stereocenters. The Hall–Kier alpha value is -0.470. The molecule has 0 saturated heterocycles. The van der Waals surface area contributed by atoms with Gasteiger partial charge in [0.05, 0.1) is 0 Å². The Morgan fingerprint density at radius 2 is 2.14 bits per heavy atom. The fourth-order valence-corrected chi connectivity index (χ4v) is 2.20. The van der Waals surface area contributed by atoms with E-state index in [1.54, 1.807) is 0 Å². The van der Waals surface area contributed by atoms with Gasteiger partial charge in [-0.2, -0.15) is 0 Å². The monoisotopic (exact) mass is 207 g/mol. The smallest absolute Gasteiger partial charge is 0.0216 e. The molecule has 76 valence electrons. The quantitative estimate of drug-likeness (QED) is 0.745. The largest absolute Gasteiger partial charge is 0.312 e. The van der Waals surface area contributed by atoms with Crippen LogP contribution < -0.4 is 5.32 Å². The summed E-state index contributed by atoms with van der Waals surface area (Å²) in [6.07, 6.45) is 4.99. The molecule has 0 radical (unpaired) electrons. The average Bonchev–Trinajstić information content (AvgIpc) is 3.03. The Labute approximate surface area is 90.3 Å². The highest BCUT2D eigenvalue weighted by atomic mass is 32.2. The molecule has 1 saturated carbocycles. The summed E-state index contributed by atoms with van der Waals surface area (Å²) in [7, 11) is 0. The van der Waals surface area contributed by atoms with Crippen molar-refractivity contribution < 1.29 is 0 Å². The van der Waals surface area contributed by atoms with Crippen LogP contribution in [0.3, 0.4) is 0 Å². The maximum atomic E-state index is 3.52. The van der Waals surface area contributed by atoms with E-state index >= 15 is 0 Å². The normalized spacial score (nSPS) is 15.8. The van der Waals surface area contributed by atoms with Crippen LogP contribution in [0.1, 0.15) is 18.4 Å². The fraction of sp³-hybridized carbons (Fsp3) is 0.500. The summed E-state index contributed by atoms with van der Waals surface area (Å²) in [5.74, 6) is 0.969. The minimum Gasteiger partial charge on any atom is -0.312 e. The van der Waals surface area contributed by atoms with Crippen LogP contribution in [-0.2, 0) is 6.54 Å². The molecule has 1 N–H and O–H groups in total. The van der Waals surface area contributed by atoms with Crippen molar-refractivity contribution in [2.45, 2.75) is 24.3 Å². The molecule has 1 fully saturated rings. The van der Waals surface area contributed by atoms with Gasteiger partial charge in [0.1, 0.15) is 0 Å². The summed E-state index contributed by atoms with van der Waals surface area (Å²) < 4.78 is 0. The van der Waals surface area contributed by atoms with Crippen molar-refractivity contribution in [2.24, 2.45) is 5.92 Å². The summed E-state index contributed by atoms with van der Waals surface area (Å²) >= 11 is 1.83. The van der Waals surface area contributed by atoms with E-state index in [9.17, 15) is 0 Å². The van der Waals surface area contributed by atoms with Crippen LogP contribution in [-0.4, -0.2) is 12.8 Å². The predicted molar refractivity (Wildman–Crippen MR) is 62.7 cm³/mol. The lowest BCUT2D eigenvalue weighted by atomic mass is 10.2. The second kappa shape index (κ2) is 4.85. The third kappa shape index (κ3) is 2.76. The van der Waals surface area contributed by atoms with Gasteiger partial charge in [-0.3, -0.25) is 0 Å². The van der Waals surface area contributed by atoms with Crippen LogP contribution in [0, 0.1) is 5.92 Å². The minimum atomic E-state index is 0.969. The number of benzene rings is 1.